The van der Waals surface area contributed by atoms with Crippen molar-refractivity contribution in [1.29, 1.82) is 0 Å². The molecule has 0 amide bonds. The highest BCUT2D eigenvalue weighted by Gasteiger charge is 2.48. The van der Waals surface area contributed by atoms with Crippen LogP contribution < -0.4 is 21.1 Å². The van der Waals surface area contributed by atoms with Crippen LogP contribution in [0.1, 0.15) is 9.68 Å². The third-order valence-corrected chi connectivity index (χ3v) is 10.3. The molecule has 5 heteroatoms. The summed E-state index contributed by atoms with van der Waals surface area (Å²) < 4.78 is 40.7. The molecular formula is C39H22BN3O. The molecule has 9 aromatic rings. The summed E-state index contributed by atoms with van der Waals surface area (Å²) in [5.41, 5.74) is 14.0. The quantitative estimate of drug-likeness (QED) is 0.192. The lowest BCUT2D eigenvalue weighted by atomic mass is 9.36. The molecular weight excluding hydrogens is 537 g/mol. The maximum atomic E-state index is 8.91. The SMILES string of the molecule is [2H]C([2H])([2H])c1c2ccccc2n2c3c4c5c(c6c7ccccc7n(-c7ccccc7)c63)Oc3cccc6c3B5c3c-6cccc3-n4c12. The van der Waals surface area contributed by atoms with Gasteiger partial charge in [0.15, 0.2) is 0 Å². The molecule has 4 nitrogen and oxygen atoms in total. The lowest BCUT2D eigenvalue weighted by Gasteiger charge is -2.30. The Hall–Kier alpha value is -5.68. The lowest BCUT2D eigenvalue weighted by Crippen LogP contribution is -2.55. The first-order valence-corrected chi connectivity index (χ1v) is 15.1. The summed E-state index contributed by atoms with van der Waals surface area (Å²) in [6.07, 6.45) is 0. The highest BCUT2D eigenvalue weighted by atomic mass is 16.5. The van der Waals surface area contributed by atoms with Crippen LogP contribution in [0.5, 0.6) is 11.5 Å². The minimum Gasteiger partial charge on any atom is -0.458 e. The van der Waals surface area contributed by atoms with Crippen molar-refractivity contribution in [2.75, 3.05) is 0 Å². The van der Waals surface area contributed by atoms with Crippen molar-refractivity contribution < 1.29 is 8.85 Å². The van der Waals surface area contributed by atoms with Gasteiger partial charge in [-0.05, 0) is 70.8 Å². The molecule has 0 unspecified atom stereocenters. The first kappa shape index (κ1) is 19.5. The highest BCUT2D eigenvalue weighted by Crippen LogP contribution is 2.49. The predicted octanol–water partition coefficient (Wildman–Crippen LogP) is 7.36. The van der Waals surface area contributed by atoms with Gasteiger partial charge in [0.2, 0.25) is 0 Å². The number of benzene rings is 6. The van der Waals surface area contributed by atoms with Crippen molar-refractivity contribution in [3.63, 3.8) is 0 Å². The molecule has 3 aliphatic rings. The van der Waals surface area contributed by atoms with Crippen LogP contribution in [0.3, 0.4) is 0 Å². The number of ether oxygens (including phenoxy) is 1. The fraction of sp³-hybridized carbons (Fsp3) is 0.0256. The molecule has 6 heterocycles. The van der Waals surface area contributed by atoms with E-state index in [0.717, 1.165) is 72.1 Å². The number of hydrogen-bond donors (Lipinski definition) is 0. The summed E-state index contributed by atoms with van der Waals surface area (Å²) in [4.78, 5) is 0. The van der Waals surface area contributed by atoms with Crippen LogP contribution in [0.2, 0.25) is 0 Å². The molecule has 0 bridgehead atoms. The van der Waals surface area contributed by atoms with Gasteiger partial charge in [-0.1, -0.05) is 78.9 Å². The van der Waals surface area contributed by atoms with Crippen LogP contribution in [0.15, 0.2) is 115 Å². The van der Waals surface area contributed by atoms with Crippen LogP contribution in [0, 0.1) is 6.85 Å². The molecule has 12 rings (SSSR count). The summed E-state index contributed by atoms with van der Waals surface area (Å²) in [5.74, 6) is 1.75. The number of aryl methyl sites for hydroxylation is 1. The summed E-state index contributed by atoms with van der Waals surface area (Å²) in [7, 11) is 0. The molecule has 0 atom stereocenters. The van der Waals surface area contributed by atoms with Gasteiger partial charge in [0.1, 0.15) is 17.1 Å². The van der Waals surface area contributed by atoms with Crippen LogP contribution in [0.4, 0.5) is 0 Å². The van der Waals surface area contributed by atoms with E-state index in [1.165, 1.54) is 22.1 Å². The molecule has 202 valence electrons. The van der Waals surface area contributed by atoms with Crippen molar-refractivity contribution in [3.8, 4) is 34.0 Å². The van der Waals surface area contributed by atoms with Gasteiger partial charge in [-0.2, -0.15) is 0 Å². The Morgan fingerprint density at radius 1 is 0.614 bits per heavy atom. The van der Waals surface area contributed by atoms with Gasteiger partial charge in [0, 0.05) is 31.8 Å². The van der Waals surface area contributed by atoms with E-state index >= 15 is 0 Å². The number of nitrogens with zero attached hydrogens (tertiary/aromatic N) is 3. The van der Waals surface area contributed by atoms with Gasteiger partial charge in [0.25, 0.3) is 6.71 Å². The van der Waals surface area contributed by atoms with Crippen molar-refractivity contribution in [3.05, 3.63) is 121 Å². The van der Waals surface area contributed by atoms with E-state index in [0.29, 0.717) is 11.2 Å². The van der Waals surface area contributed by atoms with E-state index in [1.807, 2.05) is 24.3 Å². The smallest absolute Gasteiger partial charge is 0.258 e. The summed E-state index contributed by atoms with van der Waals surface area (Å²) >= 11 is 0. The summed E-state index contributed by atoms with van der Waals surface area (Å²) in [6, 6.07) is 39.8. The Balaban J connectivity index is 1.47. The second kappa shape index (κ2) is 7.09. The largest absolute Gasteiger partial charge is 0.458 e. The molecule has 0 radical (unpaired) electrons. The van der Waals surface area contributed by atoms with E-state index in [9.17, 15) is 0 Å². The van der Waals surface area contributed by atoms with E-state index < -0.39 is 6.85 Å². The van der Waals surface area contributed by atoms with E-state index in [1.54, 1.807) is 0 Å². The molecule has 3 aliphatic heterocycles. The van der Waals surface area contributed by atoms with E-state index in [2.05, 4.69) is 105 Å². The molecule has 3 aromatic heterocycles. The number of para-hydroxylation sites is 3. The zero-order valence-electron chi connectivity index (χ0n) is 26.3. The fourth-order valence-electron chi connectivity index (χ4n) is 8.83. The second-order valence-corrected chi connectivity index (χ2v) is 12.2. The molecule has 44 heavy (non-hydrogen) atoms. The van der Waals surface area contributed by atoms with Gasteiger partial charge < -0.3 is 9.30 Å². The number of fused-ring (bicyclic) bond motifs is 12. The van der Waals surface area contributed by atoms with Crippen LogP contribution >= 0.6 is 0 Å². The maximum absolute atomic E-state index is 8.91. The third kappa shape index (κ3) is 2.18. The highest BCUT2D eigenvalue weighted by molar-refractivity contribution is 7.02. The van der Waals surface area contributed by atoms with Crippen LogP contribution in [0.25, 0.3) is 71.9 Å². The maximum Gasteiger partial charge on any atom is 0.258 e. The minimum absolute atomic E-state index is 0.0172. The van der Waals surface area contributed by atoms with E-state index in [4.69, 9.17) is 8.85 Å². The number of imidazole rings is 1. The zero-order valence-corrected chi connectivity index (χ0v) is 23.3. The van der Waals surface area contributed by atoms with Gasteiger partial charge in [-0.3, -0.25) is 8.97 Å². The average Bonchev–Trinajstić information content (AvgIpc) is 3.81. The molecule has 0 aliphatic carbocycles. The van der Waals surface area contributed by atoms with Crippen molar-refractivity contribution in [2.45, 2.75) is 6.85 Å². The monoisotopic (exact) mass is 562 g/mol. The van der Waals surface area contributed by atoms with Crippen molar-refractivity contribution >= 4 is 72.5 Å². The van der Waals surface area contributed by atoms with Gasteiger partial charge in [-0.15, -0.1) is 0 Å². The topological polar surface area (TPSA) is 23.5 Å². The lowest BCUT2D eigenvalue weighted by molar-refractivity contribution is 0.494. The standard InChI is InChI=1S/C39H22BN3O/c1-21-23-13-5-7-17-27(23)42-37-35-31(26-14-6-8-18-28(26)41(35)22-11-3-2-4-12-22)38-34-36(37)43(39(21)42)29-19-9-15-24-25-16-10-20-30(44-38)33(25)40(34)32(24)29/h2-20H,1H3/i1D3. The Morgan fingerprint density at radius 3 is 2.23 bits per heavy atom. The molecule has 0 saturated heterocycles. The van der Waals surface area contributed by atoms with E-state index in [-0.39, 0.29) is 6.71 Å². The number of hydrogen-bond acceptors (Lipinski definition) is 1. The minimum atomic E-state index is -2.35. The molecule has 0 spiro atoms. The predicted molar refractivity (Wildman–Crippen MR) is 181 cm³/mol. The number of rotatable bonds is 1. The van der Waals surface area contributed by atoms with Gasteiger partial charge in [-0.25, -0.2) is 0 Å². The number of aromatic nitrogens is 3. The molecule has 0 N–H and O–H groups in total. The Kier molecular flexibility index (Phi) is 3.14. The summed E-state index contributed by atoms with van der Waals surface area (Å²) in [5, 5.41) is 2.89. The van der Waals surface area contributed by atoms with Crippen LogP contribution in [-0.4, -0.2) is 20.2 Å². The Labute approximate surface area is 256 Å². The van der Waals surface area contributed by atoms with Crippen molar-refractivity contribution in [2.24, 2.45) is 0 Å². The first-order valence-electron chi connectivity index (χ1n) is 16.6. The normalized spacial score (nSPS) is 15.0. The van der Waals surface area contributed by atoms with Crippen LogP contribution in [-0.2, 0) is 0 Å². The Morgan fingerprint density at radius 2 is 1.36 bits per heavy atom. The summed E-state index contributed by atoms with van der Waals surface area (Å²) in [6.45, 7) is -2.37. The third-order valence-electron chi connectivity index (χ3n) is 10.3. The first-order chi connectivity index (χ1) is 23.0. The van der Waals surface area contributed by atoms with Gasteiger partial charge in [0.05, 0.1) is 33.0 Å². The molecule has 0 fully saturated rings. The van der Waals surface area contributed by atoms with Gasteiger partial charge >= 0.3 is 0 Å². The average molecular weight is 562 g/mol. The fourth-order valence-corrected chi connectivity index (χ4v) is 8.83. The second-order valence-electron chi connectivity index (χ2n) is 12.2. The van der Waals surface area contributed by atoms with Crippen molar-refractivity contribution in [1.82, 2.24) is 13.5 Å². The molecule has 6 aromatic carbocycles. The Bertz CT molecular complexity index is 2930. The zero-order chi connectivity index (χ0) is 30.9. The molecule has 0 saturated carbocycles.